The molecule has 0 fully saturated rings. The van der Waals surface area contributed by atoms with Crippen LogP contribution in [0, 0.1) is 0 Å². The molecule has 1 heterocycles. The smallest absolute Gasteiger partial charge is 0.326 e. The van der Waals surface area contributed by atoms with Crippen LogP contribution in [0.4, 0.5) is 0 Å². The van der Waals surface area contributed by atoms with E-state index >= 15 is 0 Å². The van der Waals surface area contributed by atoms with Crippen molar-refractivity contribution in [2.24, 2.45) is 5.73 Å². The SMILES string of the molecule is NC(=O)CC(NC(=O)/C(=C1/SC(=O)C(c2ccccc2)=C1O)c1ccccc1)C(=O)O. The predicted molar refractivity (Wildman–Crippen MR) is 115 cm³/mol. The molecule has 9 heteroatoms. The summed E-state index contributed by atoms with van der Waals surface area (Å²) in [6, 6.07) is 15.1. The second-order valence-corrected chi connectivity index (χ2v) is 7.57. The van der Waals surface area contributed by atoms with E-state index in [-0.39, 0.29) is 21.8 Å². The van der Waals surface area contributed by atoms with E-state index in [1.807, 2.05) is 0 Å². The summed E-state index contributed by atoms with van der Waals surface area (Å²) in [5.74, 6) is -3.58. The van der Waals surface area contributed by atoms with Gasteiger partial charge in [-0.3, -0.25) is 14.4 Å². The van der Waals surface area contributed by atoms with Gasteiger partial charge >= 0.3 is 5.97 Å². The summed E-state index contributed by atoms with van der Waals surface area (Å²) < 4.78 is 0. The van der Waals surface area contributed by atoms with Crippen molar-refractivity contribution in [2.45, 2.75) is 12.5 Å². The van der Waals surface area contributed by atoms with Gasteiger partial charge in [-0.1, -0.05) is 60.7 Å². The lowest BCUT2D eigenvalue weighted by atomic mass is 10.0. The number of primary amides is 1. The third-order valence-electron chi connectivity index (χ3n) is 4.44. The lowest BCUT2D eigenvalue weighted by molar-refractivity contribution is -0.142. The van der Waals surface area contributed by atoms with Crippen molar-refractivity contribution in [3.8, 4) is 0 Å². The topological polar surface area (TPSA) is 147 Å². The van der Waals surface area contributed by atoms with E-state index in [0.717, 1.165) is 0 Å². The summed E-state index contributed by atoms with van der Waals surface area (Å²) >= 11 is 0.674. The standard InChI is InChI=1S/C22H18N2O6S/c23-15(25)11-14(21(28)29)24-20(27)17(13-9-5-2-6-10-13)19-18(26)16(22(30)31-19)12-7-3-1-4-8-12/h1-10,14,26H,11H2,(H2,23,25)(H,24,27)(H,28,29)/b19-17+. The lowest BCUT2D eigenvalue weighted by Crippen LogP contribution is -2.43. The summed E-state index contributed by atoms with van der Waals surface area (Å²) in [4.78, 5) is 48.4. The molecule has 31 heavy (non-hydrogen) atoms. The summed E-state index contributed by atoms with van der Waals surface area (Å²) in [5.41, 5.74) is 5.89. The van der Waals surface area contributed by atoms with Crippen molar-refractivity contribution in [2.75, 3.05) is 0 Å². The number of aliphatic carboxylic acids is 1. The number of thioether (sulfide) groups is 1. The molecule has 0 aromatic heterocycles. The number of nitrogens with one attached hydrogen (secondary N) is 1. The number of amides is 2. The average Bonchev–Trinajstić information content (AvgIpc) is 3.02. The molecule has 1 atom stereocenters. The first-order chi connectivity index (χ1) is 14.8. The highest BCUT2D eigenvalue weighted by Gasteiger charge is 2.35. The number of carboxylic acid groups (broad SMARTS) is 1. The fourth-order valence-electron chi connectivity index (χ4n) is 3.03. The number of hydrogen-bond acceptors (Lipinski definition) is 6. The van der Waals surface area contributed by atoms with Gasteiger partial charge in [0.2, 0.25) is 11.0 Å². The predicted octanol–water partition coefficient (Wildman–Crippen LogP) is 2.09. The number of carbonyl (C=O) groups excluding carboxylic acids is 3. The summed E-state index contributed by atoms with van der Waals surface area (Å²) in [6.45, 7) is 0. The first-order valence-corrected chi connectivity index (χ1v) is 9.94. The van der Waals surface area contributed by atoms with E-state index in [1.54, 1.807) is 60.7 Å². The van der Waals surface area contributed by atoms with Crippen LogP contribution >= 0.6 is 11.8 Å². The molecule has 0 aliphatic carbocycles. The molecule has 0 bridgehead atoms. The Morgan fingerprint density at radius 2 is 1.58 bits per heavy atom. The van der Waals surface area contributed by atoms with Crippen LogP contribution in [0.15, 0.2) is 71.3 Å². The molecule has 0 radical (unpaired) electrons. The first kappa shape index (κ1) is 21.8. The van der Waals surface area contributed by atoms with Gasteiger partial charge in [0.05, 0.1) is 22.5 Å². The van der Waals surface area contributed by atoms with E-state index in [1.165, 1.54) is 0 Å². The van der Waals surface area contributed by atoms with Crippen LogP contribution in [0.3, 0.4) is 0 Å². The van der Waals surface area contributed by atoms with Crippen molar-refractivity contribution < 1.29 is 29.4 Å². The van der Waals surface area contributed by atoms with E-state index in [0.29, 0.717) is 22.9 Å². The Kier molecular flexibility index (Phi) is 6.56. The van der Waals surface area contributed by atoms with Gasteiger partial charge in [-0.05, 0) is 22.9 Å². The zero-order chi connectivity index (χ0) is 22.5. The number of aliphatic hydroxyl groups is 1. The van der Waals surface area contributed by atoms with E-state index in [9.17, 15) is 29.4 Å². The van der Waals surface area contributed by atoms with Crippen molar-refractivity contribution >= 4 is 45.8 Å². The van der Waals surface area contributed by atoms with Gasteiger partial charge in [-0.2, -0.15) is 0 Å². The number of carbonyl (C=O) groups is 4. The molecule has 2 aromatic carbocycles. The Labute approximate surface area is 181 Å². The van der Waals surface area contributed by atoms with Crippen LogP contribution in [0.5, 0.6) is 0 Å². The summed E-state index contributed by atoms with van der Waals surface area (Å²) in [7, 11) is 0. The van der Waals surface area contributed by atoms with Crippen LogP contribution in [-0.4, -0.2) is 39.2 Å². The molecule has 158 valence electrons. The van der Waals surface area contributed by atoms with E-state index in [4.69, 9.17) is 5.73 Å². The molecule has 1 aliphatic heterocycles. The number of hydrogen-bond donors (Lipinski definition) is 4. The van der Waals surface area contributed by atoms with Gasteiger partial charge in [0.15, 0.2) is 0 Å². The zero-order valence-corrected chi connectivity index (χ0v) is 16.9. The minimum Gasteiger partial charge on any atom is -0.506 e. The molecular formula is C22H18N2O6S. The summed E-state index contributed by atoms with van der Waals surface area (Å²) in [6.07, 6.45) is -0.609. The Hall–Kier alpha value is -3.85. The number of benzene rings is 2. The minimum atomic E-state index is -1.56. The van der Waals surface area contributed by atoms with Crippen molar-refractivity contribution in [1.29, 1.82) is 0 Å². The van der Waals surface area contributed by atoms with E-state index < -0.39 is 35.4 Å². The Bertz CT molecular complexity index is 1110. The van der Waals surface area contributed by atoms with Gasteiger partial charge < -0.3 is 21.3 Å². The highest BCUT2D eigenvalue weighted by molar-refractivity contribution is 8.19. The highest BCUT2D eigenvalue weighted by atomic mass is 32.2. The quantitative estimate of drug-likeness (QED) is 0.484. The Morgan fingerprint density at radius 1 is 1.00 bits per heavy atom. The van der Waals surface area contributed by atoms with E-state index in [2.05, 4.69) is 5.32 Å². The van der Waals surface area contributed by atoms with Crippen molar-refractivity contribution in [1.82, 2.24) is 5.32 Å². The van der Waals surface area contributed by atoms with Gasteiger partial charge in [0.1, 0.15) is 11.8 Å². The van der Waals surface area contributed by atoms with Crippen LogP contribution in [0.25, 0.3) is 11.1 Å². The minimum absolute atomic E-state index is 0.00392. The molecule has 2 aromatic rings. The molecule has 1 unspecified atom stereocenters. The highest BCUT2D eigenvalue weighted by Crippen LogP contribution is 2.44. The molecule has 2 amide bonds. The maximum absolute atomic E-state index is 13.1. The van der Waals surface area contributed by atoms with Crippen molar-refractivity contribution in [3.05, 3.63) is 82.5 Å². The molecule has 1 aliphatic rings. The molecule has 0 saturated carbocycles. The van der Waals surface area contributed by atoms with Gasteiger partial charge in [0.25, 0.3) is 5.91 Å². The number of aliphatic hydroxyl groups excluding tert-OH is 1. The number of nitrogens with two attached hydrogens (primary N) is 1. The summed E-state index contributed by atoms with van der Waals surface area (Å²) in [5, 5.41) is 22.0. The Balaban J connectivity index is 2.12. The molecule has 8 nitrogen and oxygen atoms in total. The largest absolute Gasteiger partial charge is 0.506 e. The Morgan fingerprint density at radius 3 is 2.13 bits per heavy atom. The van der Waals surface area contributed by atoms with Crippen LogP contribution in [-0.2, 0) is 19.2 Å². The number of rotatable bonds is 7. The average molecular weight is 438 g/mol. The second-order valence-electron chi connectivity index (χ2n) is 6.58. The van der Waals surface area contributed by atoms with Crippen LogP contribution in [0.2, 0.25) is 0 Å². The monoisotopic (exact) mass is 438 g/mol. The molecule has 3 rings (SSSR count). The lowest BCUT2D eigenvalue weighted by Gasteiger charge is -2.16. The maximum atomic E-state index is 13.1. The third kappa shape index (κ3) is 4.84. The maximum Gasteiger partial charge on any atom is 0.326 e. The third-order valence-corrected chi connectivity index (χ3v) is 5.43. The van der Waals surface area contributed by atoms with Crippen molar-refractivity contribution in [3.63, 3.8) is 0 Å². The second kappa shape index (κ2) is 9.31. The van der Waals surface area contributed by atoms with Gasteiger partial charge in [-0.15, -0.1) is 0 Å². The first-order valence-electron chi connectivity index (χ1n) is 9.12. The number of carboxylic acids is 1. The van der Waals surface area contributed by atoms with Crippen LogP contribution < -0.4 is 11.1 Å². The van der Waals surface area contributed by atoms with Crippen LogP contribution in [0.1, 0.15) is 17.5 Å². The fourth-order valence-corrected chi connectivity index (χ4v) is 4.05. The van der Waals surface area contributed by atoms with Gasteiger partial charge in [0, 0.05) is 0 Å². The zero-order valence-electron chi connectivity index (χ0n) is 16.1. The molecule has 5 N–H and O–H groups in total. The molecular weight excluding hydrogens is 420 g/mol. The van der Waals surface area contributed by atoms with Gasteiger partial charge in [-0.25, -0.2) is 4.79 Å². The normalized spacial score (nSPS) is 16.1. The molecule has 0 spiro atoms. The fraction of sp³-hybridized carbons (Fsp3) is 0.0909. The molecule has 0 saturated heterocycles.